The SMILES string of the molecule is CCC(C)n1ccc(CN2CCCC(NC)C2)n1. The van der Waals surface area contributed by atoms with Crippen LogP contribution in [-0.4, -0.2) is 40.9 Å². The van der Waals surface area contributed by atoms with E-state index in [1.165, 1.54) is 25.1 Å². The number of rotatable bonds is 5. The van der Waals surface area contributed by atoms with Crippen LogP contribution in [0.3, 0.4) is 0 Å². The third-order valence-corrected chi connectivity index (χ3v) is 4.01. The van der Waals surface area contributed by atoms with Gasteiger partial charge in [0.1, 0.15) is 0 Å². The van der Waals surface area contributed by atoms with E-state index in [0.717, 1.165) is 19.5 Å². The highest BCUT2D eigenvalue weighted by atomic mass is 15.3. The summed E-state index contributed by atoms with van der Waals surface area (Å²) in [4.78, 5) is 2.51. The summed E-state index contributed by atoms with van der Waals surface area (Å²) < 4.78 is 2.09. The van der Waals surface area contributed by atoms with Gasteiger partial charge in [0.05, 0.1) is 5.69 Å². The van der Waals surface area contributed by atoms with Gasteiger partial charge in [0.25, 0.3) is 0 Å². The summed E-state index contributed by atoms with van der Waals surface area (Å²) in [6.07, 6.45) is 5.83. The van der Waals surface area contributed by atoms with Crippen LogP contribution in [0.2, 0.25) is 0 Å². The molecule has 4 nitrogen and oxygen atoms in total. The highest BCUT2D eigenvalue weighted by Gasteiger charge is 2.19. The van der Waals surface area contributed by atoms with Crippen molar-refractivity contribution in [2.45, 2.75) is 51.7 Å². The van der Waals surface area contributed by atoms with Crippen molar-refractivity contribution < 1.29 is 0 Å². The van der Waals surface area contributed by atoms with Crippen LogP contribution in [0, 0.1) is 0 Å². The lowest BCUT2D eigenvalue weighted by molar-refractivity contribution is 0.185. The van der Waals surface area contributed by atoms with Gasteiger partial charge >= 0.3 is 0 Å². The van der Waals surface area contributed by atoms with Crippen molar-refractivity contribution in [3.05, 3.63) is 18.0 Å². The van der Waals surface area contributed by atoms with Gasteiger partial charge in [-0.15, -0.1) is 0 Å². The Kier molecular flexibility index (Phi) is 4.78. The standard InChI is InChI=1S/C14H26N4/c1-4-12(2)18-9-7-14(16-18)11-17-8-5-6-13(10-17)15-3/h7,9,12-13,15H,4-6,8,10-11H2,1-3H3. The van der Waals surface area contributed by atoms with Gasteiger partial charge in [-0.05, 0) is 45.8 Å². The number of hydrogen-bond donors (Lipinski definition) is 1. The molecular formula is C14H26N4. The minimum Gasteiger partial charge on any atom is -0.316 e. The van der Waals surface area contributed by atoms with Crippen molar-refractivity contribution in [2.24, 2.45) is 0 Å². The fraction of sp³-hybridized carbons (Fsp3) is 0.786. The highest BCUT2D eigenvalue weighted by Crippen LogP contribution is 2.14. The van der Waals surface area contributed by atoms with E-state index < -0.39 is 0 Å². The summed E-state index contributed by atoms with van der Waals surface area (Å²) in [6.45, 7) is 7.76. The third kappa shape index (κ3) is 3.33. The maximum Gasteiger partial charge on any atom is 0.0764 e. The molecule has 102 valence electrons. The first-order valence-electron chi connectivity index (χ1n) is 7.16. The van der Waals surface area contributed by atoms with E-state index in [1.807, 2.05) is 0 Å². The van der Waals surface area contributed by atoms with E-state index in [9.17, 15) is 0 Å². The molecule has 0 aromatic carbocycles. The van der Waals surface area contributed by atoms with Gasteiger partial charge in [0, 0.05) is 31.4 Å². The molecule has 0 spiro atoms. The molecule has 2 rings (SSSR count). The molecule has 0 bridgehead atoms. The van der Waals surface area contributed by atoms with Gasteiger partial charge in [0.15, 0.2) is 0 Å². The molecule has 1 aromatic heterocycles. The van der Waals surface area contributed by atoms with Gasteiger partial charge in [-0.1, -0.05) is 6.92 Å². The van der Waals surface area contributed by atoms with Gasteiger partial charge in [-0.2, -0.15) is 5.10 Å². The molecule has 1 fully saturated rings. The number of piperidine rings is 1. The van der Waals surface area contributed by atoms with Crippen LogP contribution < -0.4 is 5.32 Å². The average molecular weight is 250 g/mol. The predicted molar refractivity (Wildman–Crippen MR) is 74.6 cm³/mol. The molecule has 2 heterocycles. The van der Waals surface area contributed by atoms with Gasteiger partial charge in [-0.25, -0.2) is 0 Å². The second-order valence-electron chi connectivity index (χ2n) is 5.41. The summed E-state index contributed by atoms with van der Waals surface area (Å²) in [5, 5.41) is 8.07. The van der Waals surface area contributed by atoms with Gasteiger partial charge in [-0.3, -0.25) is 9.58 Å². The minimum absolute atomic E-state index is 0.505. The van der Waals surface area contributed by atoms with E-state index in [1.54, 1.807) is 0 Å². The van der Waals surface area contributed by atoms with Gasteiger partial charge < -0.3 is 5.32 Å². The summed E-state index contributed by atoms with van der Waals surface area (Å²) in [5.41, 5.74) is 1.20. The van der Waals surface area contributed by atoms with Crippen LogP contribution in [0.5, 0.6) is 0 Å². The monoisotopic (exact) mass is 250 g/mol. The first kappa shape index (κ1) is 13.6. The van der Waals surface area contributed by atoms with Crippen LogP contribution in [-0.2, 0) is 6.54 Å². The number of nitrogens with zero attached hydrogens (tertiary/aromatic N) is 3. The van der Waals surface area contributed by atoms with Crippen LogP contribution >= 0.6 is 0 Å². The summed E-state index contributed by atoms with van der Waals surface area (Å²) in [7, 11) is 2.06. The van der Waals surface area contributed by atoms with Crippen molar-refractivity contribution in [1.82, 2.24) is 20.0 Å². The number of nitrogens with one attached hydrogen (secondary N) is 1. The Morgan fingerprint density at radius 3 is 3.11 bits per heavy atom. The Morgan fingerprint density at radius 1 is 1.56 bits per heavy atom. The Balaban J connectivity index is 1.90. The number of likely N-dealkylation sites (tertiary alicyclic amines) is 1. The maximum absolute atomic E-state index is 4.68. The molecule has 1 aromatic rings. The van der Waals surface area contributed by atoms with E-state index in [4.69, 9.17) is 0 Å². The average Bonchev–Trinajstić information content (AvgIpc) is 2.86. The molecule has 0 aliphatic carbocycles. The molecule has 1 saturated heterocycles. The van der Waals surface area contributed by atoms with Crippen molar-refractivity contribution in [2.75, 3.05) is 20.1 Å². The second kappa shape index (κ2) is 6.34. The Hall–Kier alpha value is -0.870. The lowest BCUT2D eigenvalue weighted by Crippen LogP contribution is -2.43. The van der Waals surface area contributed by atoms with Crippen molar-refractivity contribution >= 4 is 0 Å². The maximum atomic E-state index is 4.68. The second-order valence-corrected chi connectivity index (χ2v) is 5.41. The van der Waals surface area contributed by atoms with E-state index in [-0.39, 0.29) is 0 Å². The summed E-state index contributed by atoms with van der Waals surface area (Å²) >= 11 is 0. The van der Waals surface area contributed by atoms with Gasteiger partial charge in [0.2, 0.25) is 0 Å². The van der Waals surface area contributed by atoms with Crippen LogP contribution in [0.1, 0.15) is 44.8 Å². The quantitative estimate of drug-likeness (QED) is 0.868. The normalized spacial score (nSPS) is 23.2. The largest absolute Gasteiger partial charge is 0.316 e. The molecule has 18 heavy (non-hydrogen) atoms. The molecule has 0 radical (unpaired) electrons. The van der Waals surface area contributed by atoms with E-state index in [0.29, 0.717) is 12.1 Å². The molecule has 4 heteroatoms. The Labute approximate surface area is 110 Å². The molecule has 2 unspecified atom stereocenters. The van der Waals surface area contributed by atoms with Crippen LogP contribution in [0.15, 0.2) is 12.3 Å². The molecule has 0 amide bonds. The zero-order valence-electron chi connectivity index (χ0n) is 11.9. The zero-order chi connectivity index (χ0) is 13.0. The van der Waals surface area contributed by atoms with Crippen molar-refractivity contribution in [3.63, 3.8) is 0 Å². The fourth-order valence-corrected chi connectivity index (χ4v) is 2.56. The number of hydrogen-bond acceptors (Lipinski definition) is 3. The van der Waals surface area contributed by atoms with Crippen molar-refractivity contribution in [3.8, 4) is 0 Å². The molecule has 1 N–H and O–H groups in total. The van der Waals surface area contributed by atoms with Crippen LogP contribution in [0.4, 0.5) is 0 Å². The van der Waals surface area contributed by atoms with Crippen LogP contribution in [0.25, 0.3) is 0 Å². The Morgan fingerprint density at radius 2 is 2.39 bits per heavy atom. The molecule has 1 aliphatic rings. The smallest absolute Gasteiger partial charge is 0.0764 e. The predicted octanol–water partition coefficient (Wildman–Crippen LogP) is 2.04. The fourth-order valence-electron chi connectivity index (χ4n) is 2.56. The first-order chi connectivity index (χ1) is 8.72. The Bertz CT molecular complexity index is 360. The lowest BCUT2D eigenvalue weighted by atomic mass is 10.1. The van der Waals surface area contributed by atoms with E-state index in [2.05, 4.69) is 53.2 Å². The van der Waals surface area contributed by atoms with E-state index >= 15 is 0 Å². The summed E-state index contributed by atoms with van der Waals surface area (Å²) in [5.74, 6) is 0. The number of aromatic nitrogens is 2. The number of likely N-dealkylation sites (N-methyl/N-ethyl adjacent to an activating group) is 1. The third-order valence-electron chi connectivity index (χ3n) is 4.01. The minimum atomic E-state index is 0.505. The van der Waals surface area contributed by atoms with Crippen molar-refractivity contribution in [1.29, 1.82) is 0 Å². The zero-order valence-corrected chi connectivity index (χ0v) is 11.9. The molecule has 2 atom stereocenters. The summed E-state index contributed by atoms with van der Waals surface area (Å²) in [6, 6.07) is 3.32. The highest BCUT2D eigenvalue weighted by molar-refractivity contribution is 5.00. The topological polar surface area (TPSA) is 33.1 Å². The molecule has 1 aliphatic heterocycles. The first-order valence-corrected chi connectivity index (χ1v) is 7.16. The molecule has 0 saturated carbocycles. The lowest BCUT2D eigenvalue weighted by Gasteiger charge is -2.31. The molecular weight excluding hydrogens is 224 g/mol.